The second-order valence-electron chi connectivity index (χ2n) is 4.90. The number of guanidine groups is 1. The molecule has 0 saturated heterocycles. The lowest BCUT2D eigenvalue weighted by molar-refractivity contribution is 0.0277. The lowest BCUT2D eigenvalue weighted by atomic mass is 9.98. The van der Waals surface area contributed by atoms with Gasteiger partial charge < -0.3 is 20.1 Å². The van der Waals surface area contributed by atoms with E-state index in [-0.39, 0.29) is 24.0 Å². The first-order valence-electron chi connectivity index (χ1n) is 7.42. The van der Waals surface area contributed by atoms with Crippen molar-refractivity contribution in [2.24, 2.45) is 4.99 Å². The molecule has 2 N–H and O–H groups in total. The molecular weight excluding hydrogens is 369 g/mol. The predicted molar refractivity (Wildman–Crippen MR) is 94.1 cm³/mol. The van der Waals surface area contributed by atoms with Crippen molar-refractivity contribution in [3.8, 4) is 0 Å². The third-order valence-electron chi connectivity index (χ3n) is 3.34. The van der Waals surface area contributed by atoms with E-state index in [1.165, 1.54) is 32.1 Å². The Hall–Kier alpha value is -0.0800. The number of ether oxygens (including phenoxy) is 2. The molecule has 0 bridgehead atoms. The SMILES string of the molecule is CN=C(NCCCOC1CCCCC1)NCCOC.I. The highest BCUT2D eigenvalue weighted by Crippen LogP contribution is 2.20. The van der Waals surface area contributed by atoms with Gasteiger partial charge in [0.1, 0.15) is 0 Å². The van der Waals surface area contributed by atoms with Crippen LogP contribution in [0.15, 0.2) is 4.99 Å². The molecule has 0 aromatic carbocycles. The summed E-state index contributed by atoms with van der Waals surface area (Å²) in [7, 11) is 3.47. The summed E-state index contributed by atoms with van der Waals surface area (Å²) in [6.07, 6.45) is 8.05. The molecular formula is C14H30IN3O2. The molecule has 0 amide bonds. The smallest absolute Gasteiger partial charge is 0.191 e. The zero-order chi connectivity index (χ0) is 13.8. The van der Waals surface area contributed by atoms with Crippen LogP contribution in [0.25, 0.3) is 0 Å². The van der Waals surface area contributed by atoms with Gasteiger partial charge >= 0.3 is 0 Å². The molecule has 20 heavy (non-hydrogen) atoms. The molecule has 0 heterocycles. The van der Waals surface area contributed by atoms with Gasteiger partial charge in [-0.05, 0) is 19.3 Å². The van der Waals surface area contributed by atoms with Crippen LogP contribution in [0.3, 0.4) is 0 Å². The minimum Gasteiger partial charge on any atom is -0.383 e. The van der Waals surface area contributed by atoms with E-state index in [0.29, 0.717) is 12.7 Å². The Morgan fingerprint density at radius 3 is 2.45 bits per heavy atom. The summed E-state index contributed by atoms with van der Waals surface area (Å²) in [5.74, 6) is 0.828. The molecule has 0 unspecified atom stereocenters. The highest BCUT2D eigenvalue weighted by molar-refractivity contribution is 14.0. The number of rotatable bonds is 8. The normalized spacial score (nSPS) is 16.6. The van der Waals surface area contributed by atoms with Crippen LogP contribution in [0, 0.1) is 0 Å². The van der Waals surface area contributed by atoms with E-state index >= 15 is 0 Å². The fraction of sp³-hybridized carbons (Fsp3) is 0.929. The Labute approximate surface area is 140 Å². The maximum atomic E-state index is 5.88. The quantitative estimate of drug-likeness (QED) is 0.284. The Kier molecular flexibility index (Phi) is 13.8. The summed E-state index contributed by atoms with van der Waals surface area (Å²) < 4.78 is 10.9. The highest BCUT2D eigenvalue weighted by atomic mass is 127. The molecule has 120 valence electrons. The van der Waals surface area contributed by atoms with Gasteiger partial charge in [-0.25, -0.2) is 0 Å². The third-order valence-corrected chi connectivity index (χ3v) is 3.34. The molecule has 1 rings (SSSR count). The van der Waals surface area contributed by atoms with E-state index in [1.54, 1.807) is 14.2 Å². The molecule has 1 aliphatic carbocycles. The molecule has 5 nitrogen and oxygen atoms in total. The lowest BCUT2D eigenvalue weighted by Crippen LogP contribution is -2.39. The molecule has 1 aliphatic rings. The fourth-order valence-electron chi connectivity index (χ4n) is 2.25. The second kappa shape index (κ2) is 13.9. The van der Waals surface area contributed by atoms with Crippen molar-refractivity contribution >= 4 is 29.9 Å². The summed E-state index contributed by atoms with van der Waals surface area (Å²) in [5.41, 5.74) is 0. The van der Waals surface area contributed by atoms with Gasteiger partial charge in [-0.1, -0.05) is 19.3 Å². The Morgan fingerprint density at radius 1 is 1.10 bits per heavy atom. The molecule has 0 spiro atoms. The number of hydrogen-bond donors (Lipinski definition) is 2. The van der Waals surface area contributed by atoms with Crippen LogP contribution < -0.4 is 10.6 Å². The monoisotopic (exact) mass is 399 g/mol. The maximum Gasteiger partial charge on any atom is 0.191 e. The van der Waals surface area contributed by atoms with Crippen LogP contribution in [-0.2, 0) is 9.47 Å². The first kappa shape index (κ1) is 19.9. The number of nitrogens with zero attached hydrogens (tertiary/aromatic N) is 1. The fourth-order valence-corrected chi connectivity index (χ4v) is 2.25. The molecule has 0 radical (unpaired) electrons. The van der Waals surface area contributed by atoms with Crippen molar-refractivity contribution in [2.75, 3.05) is 40.5 Å². The minimum absolute atomic E-state index is 0. The van der Waals surface area contributed by atoms with Gasteiger partial charge in [0.05, 0.1) is 12.7 Å². The average molecular weight is 399 g/mol. The average Bonchev–Trinajstić information content (AvgIpc) is 2.46. The topological polar surface area (TPSA) is 54.9 Å². The van der Waals surface area contributed by atoms with E-state index in [0.717, 1.165) is 32.1 Å². The Balaban J connectivity index is 0.00000361. The molecule has 1 saturated carbocycles. The van der Waals surface area contributed by atoms with Gasteiger partial charge in [-0.3, -0.25) is 4.99 Å². The van der Waals surface area contributed by atoms with Gasteiger partial charge in [0.2, 0.25) is 0 Å². The summed E-state index contributed by atoms with van der Waals surface area (Å²) in [4.78, 5) is 4.15. The van der Waals surface area contributed by atoms with Crippen molar-refractivity contribution < 1.29 is 9.47 Å². The zero-order valence-electron chi connectivity index (χ0n) is 12.8. The van der Waals surface area contributed by atoms with Gasteiger partial charge in [0.25, 0.3) is 0 Å². The van der Waals surface area contributed by atoms with Crippen molar-refractivity contribution in [1.29, 1.82) is 0 Å². The minimum atomic E-state index is 0. The second-order valence-corrected chi connectivity index (χ2v) is 4.90. The Bertz CT molecular complexity index is 247. The van der Waals surface area contributed by atoms with E-state index < -0.39 is 0 Å². The standard InChI is InChI=1S/C14H29N3O2.HI/c1-15-14(17-10-12-18-2)16-9-6-11-19-13-7-4-3-5-8-13;/h13H,3-12H2,1-2H3,(H2,15,16,17);1H. The number of halogens is 1. The molecule has 0 aromatic heterocycles. The summed E-state index contributed by atoms with van der Waals surface area (Å²) in [5, 5.41) is 6.45. The first-order valence-corrected chi connectivity index (χ1v) is 7.42. The summed E-state index contributed by atoms with van der Waals surface area (Å²) >= 11 is 0. The number of nitrogens with one attached hydrogen (secondary N) is 2. The van der Waals surface area contributed by atoms with Crippen molar-refractivity contribution in [3.63, 3.8) is 0 Å². The molecule has 0 atom stereocenters. The number of aliphatic imine (C=N–C) groups is 1. The zero-order valence-corrected chi connectivity index (χ0v) is 15.2. The van der Waals surface area contributed by atoms with Crippen LogP contribution in [0.1, 0.15) is 38.5 Å². The third kappa shape index (κ3) is 9.77. The van der Waals surface area contributed by atoms with E-state index in [9.17, 15) is 0 Å². The highest BCUT2D eigenvalue weighted by Gasteiger charge is 2.12. The molecule has 6 heteroatoms. The first-order chi connectivity index (χ1) is 9.36. The van der Waals surface area contributed by atoms with Gasteiger partial charge in [0.15, 0.2) is 5.96 Å². The van der Waals surface area contributed by atoms with Crippen molar-refractivity contribution in [1.82, 2.24) is 10.6 Å². The molecule has 0 aliphatic heterocycles. The van der Waals surface area contributed by atoms with Gasteiger partial charge in [-0.15, -0.1) is 24.0 Å². The van der Waals surface area contributed by atoms with Gasteiger partial charge in [-0.2, -0.15) is 0 Å². The predicted octanol–water partition coefficient (Wildman–Crippen LogP) is 2.16. The van der Waals surface area contributed by atoms with Crippen LogP contribution in [0.4, 0.5) is 0 Å². The van der Waals surface area contributed by atoms with E-state index in [1.807, 2.05) is 0 Å². The van der Waals surface area contributed by atoms with Crippen LogP contribution >= 0.6 is 24.0 Å². The van der Waals surface area contributed by atoms with E-state index in [4.69, 9.17) is 9.47 Å². The van der Waals surface area contributed by atoms with Crippen molar-refractivity contribution in [3.05, 3.63) is 0 Å². The van der Waals surface area contributed by atoms with Crippen molar-refractivity contribution in [2.45, 2.75) is 44.6 Å². The van der Waals surface area contributed by atoms with Gasteiger partial charge in [0, 0.05) is 33.9 Å². The summed E-state index contributed by atoms with van der Waals surface area (Å²) in [6.45, 7) is 3.19. The van der Waals surface area contributed by atoms with Crippen LogP contribution in [0.2, 0.25) is 0 Å². The number of hydrogen-bond acceptors (Lipinski definition) is 3. The summed E-state index contributed by atoms with van der Waals surface area (Å²) in [6, 6.07) is 0. The maximum absolute atomic E-state index is 5.88. The number of methoxy groups -OCH3 is 1. The molecule has 1 fully saturated rings. The Morgan fingerprint density at radius 2 is 1.80 bits per heavy atom. The van der Waals surface area contributed by atoms with Crippen LogP contribution in [0.5, 0.6) is 0 Å². The largest absolute Gasteiger partial charge is 0.383 e. The van der Waals surface area contributed by atoms with E-state index in [2.05, 4.69) is 15.6 Å². The van der Waals surface area contributed by atoms with Crippen LogP contribution in [-0.4, -0.2) is 52.5 Å². The lowest BCUT2D eigenvalue weighted by Gasteiger charge is -2.22. The molecule has 0 aromatic rings.